The topological polar surface area (TPSA) is 56.3 Å². The van der Waals surface area contributed by atoms with Crippen molar-refractivity contribution < 1.29 is 9.90 Å². The molecule has 4 nitrogen and oxygen atoms in total. The molecule has 1 amide bonds. The maximum atomic E-state index is 10.9. The number of benzene rings is 1. The number of H-pyrrole nitrogens is 1. The van der Waals surface area contributed by atoms with Crippen molar-refractivity contribution in [2.75, 3.05) is 13.1 Å². The van der Waals surface area contributed by atoms with Crippen LogP contribution in [-0.4, -0.2) is 34.2 Å². The molecule has 2 N–H and O–H groups in total. The second-order valence-electron chi connectivity index (χ2n) is 4.57. The minimum absolute atomic E-state index is 0.442. The Morgan fingerprint density at radius 1 is 1.42 bits per heavy atom. The number of carbonyl (C=O) groups is 1. The zero-order valence-electron chi connectivity index (χ0n) is 10.2. The van der Waals surface area contributed by atoms with Gasteiger partial charge in [-0.05, 0) is 18.1 Å². The minimum Gasteiger partial charge on any atom is -0.465 e. The lowest BCUT2D eigenvalue weighted by atomic mass is 9.99. The van der Waals surface area contributed by atoms with Gasteiger partial charge in [-0.25, -0.2) is 4.79 Å². The summed E-state index contributed by atoms with van der Waals surface area (Å²) in [6.45, 7) is 0.978. The summed E-state index contributed by atoms with van der Waals surface area (Å²) in [6.07, 6.45) is 3.78. The molecule has 2 aromatic rings. The van der Waals surface area contributed by atoms with Crippen LogP contribution in [0, 0.1) is 0 Å². The number of rotatable bonds is 1. The number of nitrogens with one attached hydrogen (secondary N) is 1. The molecule has 5 heteroatoms. The number of hydrogen-bond donors (Lipinski definition) is 2. The molecule has 1 aromatic carbocycles. The van der Waals surface area contributed by atoms with Crippen LogP contribution in [0.4, 0.5) is 4.79 Å². The summed E-state index contributed by atoms with van der Waals surface area (Å²) in [5.41, 5.74) is 3.22. The highest BCUT2D eigenvalue weighted by atomic mass is 35.5. The lowest BCUT2D eigenvalue weighted by Gasteiger charge is -2.23. The van der Waals surface area contributed by atoms with E-state index in [1.165, 1.54) is 10.5 Å². The van der Waals surface area contributed by atoms with Gasteiger partial charge in [-0.2, -0.15) is 0 Å². The highest BCUT2D eigenvalue weighted by molar-refractivity contribution is 6.35. The Balaban J connectivity index is 1.98. The average Bonchev–Trinajstić information content (AvgIpc) is 2.84. The first-order valence-electron chi connectivity index (χ1n) is 6.09. The average molecular weight is 277 g/mol. The first-order chi connectivity index (χ1) is 9.16. The quantitative estimate of drug-likeness (QED) is 0.836. The van der Waals surface area contributed by atoms with Crippen molar-refractivity contribution in [2.24, 2.45) is 0 Å². The molecule has 0 aliphatic carbocycles. The summed E-state index contributed by atoms with van der Waals surface area (Å²) in [5.74, 6) is 0. The van der Waals surface area contributed by atoms with E-state index in [-0.39, 0.29) is 0 Å². The fourth-order valence-electron chi connectivity index (χ4n) is 2.47. The van der Waals surface area contributed by atoms with Crippen LogP contribution in [0.3, 0.4) is 0 Å². The number of aromatic nitrogens is 1. The molecule has 98 valence electrons. The van der Waals surface area contributed by atoms with Crippen molar-refractivity contribution in [3.63, 3.8) is 0 Å². The second kappa shape index (κ2) is 4.63. The molecule has 2 heterocycles. The van der Waals surface area contributed by atoms with Crippen LogP contribution in [0.5, 0.6) is 0 Å². The zero-order chi connectivity index (χ0) is 13.4. The molecule has 0 saturated heterocycles. The van der Waals surface area contributed by atoms with E-state index in [0.717, 1.165) is 22.9 Å². The molecular formula is C14H13ClN2O2. The van der Waals surface area contributed by atoms with Crippen LogP contribution in [0.1, 0.15) is 12.0 Å². The molecule has 3 rings (SSSR count). The number of carboxylic acid groups (broad SMARTS) is 1. The van der Waals surface area contributed by atoms with Gasteiger partial charge in [-0.3, -0.25) is 0 Å². The largest absolute Gasteiger partial charge is 0.465 e. The van der Waals surface area contributed by atoms with Crippen molar-refractivity contribution >= 4 is 34.2 Å². The first kappa shape index (κ1) is 12.1. The molecule has 0 atom stereocenters. The molecule has 1 aliphatic rings. The first-order valence-corrected chi connectivity index (χ1v) is 6.47. The highest BCUT2D eigenvalue weighted by Gasteiger charge is 2.18. The van der Waals surface area contributed by atoms with Gasteiger partial charge >= 0.3 is 6.09 Å². The van der Waals surface area contributed by atoms with Crippen LogP contribution in [0.2, 0.25) is 5.02 Å². The number of aromatic amines is 1. The van der Waals surface area contributed by atoms with Crippen LogP contribution in [-0.2, 0) is 0 Å². The SMILES string of the molecule is O=C(O)N1CC=C(c2c[nH]c3c(Cl)cccc23)CC1. The van der Waals surface area contributed by atoms with Gasteiger partial charge in [0.25, 0.3) is 0 Å². The summed E-state index contributed by atoms with van der Waals surface area (Å²) in [6, 6.07) is 5.80. The van der Waals surface area contributed by atoms with E-state index in [9.17, 15) is 4.79 Å². The summed E-state index contributed by atoms with van der Waals surface area (Å²) < 4.78 is 0. The maximum absolute atomic E-state index is 10.9. The zero-order valence-corrected chi connectivity index (χ0v) is 10.9. The van der Waals surface area contributed by atoms with Crippen molar-refractivity contribution in [2.45, 2.75) is 6.42 Å². The summed E-state index contributed by atoms with van der Waals surface area (Å²) >= 11 is 6.14. The summed E-state index contributed by atoms with van der Waals surface area (Å²) in [7, 11) is 0. The van der Waals surface area contributed by atoms with Crippen LogP contribution >= 0.6 is 11.6 Å². The van der Waals surface area contributed by atoms with Crippen molar-refractivity contribution in [3.8, 4) is 0 Å². The van der Waals surface area contributed by atoms with Gasteiger partial charge < -0.3 is 15.0 Å². The number of halogens is 1. The smallest absolute Gasteiger partial charge is 0.407 e. The molecule has 1 aliphatic heterocycles. The standard InChI is InChI=1S/C14H13ClN2O2/c15-12-3-1-2-10-11(8-16-13(10)12)9-4-6-17(7-5-9)14(18)19/h1-4,8,16H,5-7H2,(H,18,19). The Bertz CT molecular complexity index is 675. The van der Waals surface area contributed by atoms with Crippen LogP contribution in [0.25, 0.3) is 16.5 Å². The number of nitrogens with zero attached hydrogens (tertiary/aromatic N) is 1. The van der Waals surface area contributed by atoms with E-state index in [4.69, 9.17) is 16.7 Å². The normalized spacial score (nSPS) is 15.6. The second-order valence-corrected chi connectivity index (χ2v) is 4.98. The molecule has 1 aromatic heterocycles. The number of hydrogen-bond acceptors (Lipinski definition) is 1. The van der Waals surface area contributed by atoms with Gasteiger partial charge in [0, 0.05) is 30.2 Å². The third kappa shape index (κ3) is 2.08. The number of amides is 1. The third-order valence-electron chi connectivity index (χ3n) is 3.49. The van der Waals surface area contributed by atoms with E-state index < -0.39 is 6.09 Å². The Labute approximate surface area is 115 Å². The maximum Gasteiger partial charge on any atom is 0.407 e. The Kier molecular flexibility index (Phi) is 2.95. The van der Waals surface area contributed by atoms with E-state index in [2.05, 4.69) is 4.98 Å². The monoisotopic (exact) mass is 276 g/mol. The predicted molar refractivity (Wildman–Crippen MR) is 75.5 cm³/mol. The third-order valence-corrected chi connectivity index (χ3v) is 3.81. The van der Waals surface area contributed by atoms with Crippen molar-refractivity contribution in [1.82, 2.24) is 9.88 Å². The van der Waals surface area contributed by atoms with E-state index in [1.54, 1.807) is 0 Å². The van der Waals surface area contributed by atoms with E-state index >= 15 is 0 Å². The van der Waals surface area contributed by atoms with Gasteiger partial charge in [0.2, 0.25) is 0 Å². The molecule has 0 fully saturated rings. The van der Waals surface area contributed by atoms with Crippen LogP contribution < -0.4 is 0 Å². The van der Waals surface area contributed by atoms with Crippen LogP contribution in [0.15, 0.2) is 30.5 Å². The predicted octanol–water partition coefficient (Wildman–Crippen LogP) is 3.59. The molecule has 0 saturated carbocycles. The van der Waals surface area contributed by atoms with Gasteiger partial charge in [0.1, 0.15) is 0 Å². The summed E-state index contributed by atoms with van der Waals surface area (Å²) in [5, 5.41) is 10.7. The lowest BCUT2D eigenvalue weighted by molar-refractivity contribution is 0.150. The Morgan fingerprint density at radius 2 is 2.26 bits per heavy atom. The molecule has 0 bridgehead atoms. The van der Waals surface area contributed by atoms with Crippen molar-refractivity contribution in [1.29, 1.82) is 0 Å². The molecule has 19 heavy (non-hydrogen) atoms. The highest BCUT2D eigenvalue weighted by Crippen LogP contribution is 2.32. The minimum atomic E-state index is -0.864. The van der Waals surface area contributed by atoms with Gasteiger partial charge in [0.05, 0.1) is 10.5 Å². The molecule has 0 unspecified atom stereocenters. The van der Waals surface area contributed by atoms with E-state index in [0.29, 0.717) is 18.1 Å². The molecular weight excluding hydrogens is 264 g/mol. The Morgan fingerprint density at radius 3 is 2.95 bits per heavy atom. The lowest BCUT2D eigenvalue weighted by Crippen LogP contribution is -2.33. The van der Waals surface area contributed by atoms with E-state index in [1.807, 2.05) is 30.5 Å². The Hall–Kier alpha value is -1.94. The number of fused-ring (bicyclic) bond motifs is 1. The molecule has 0 spiro atoms. The van der Waals surface area contributed by atoms with Gasteiger partial charge in [0.15, 0.2) is 0 Å². The van der Waals surface area contributed by atoms with Crippen molar-refractivity contribution in [3.05, 3.63) is 41.1 Å². The number of para-hydroxylation sites is 1. The van der Waals surface area contributed by atoms with Gasteiger partial charge in [-0.15, -0.1) is 0 Å². The van der Waals surface area contributed by atoms with Gasteiger partial charge in [-0.1, -0.05) is 29.8 Å². The fourth-order valence-corrected chi connectivity index (χ4v) is 2.70. The summed E-state index contributed by atoms with van der Waals surface area (Å²) in [4.78, 5) is 15.5. The molecule has 0 radical (unpaired) electrons. The fraction of sp³-hybridized carbons (Fsp3) is 0.214.